The SMILES string of the molecule is CN1C(=O)C2CCCC21. The zero-order valence-corrected chi connectivity index (χ0v) is 5.63. The fraction of sp³-hybridized carbons (Fsp3) is 0.857. The highest BCUT2D eigenvalue weighted by atomic mass is 16.2. The number of hydrogen-bond donors (Lipinski definition) is 0. The summed E-state index contributed by atoms with van der Waals surface area (Å²) in [6.45, 7) is 0. The van der Waals surface area contributed by atoms with Crippen LogP contribution >= 0.6 is 0 Å². The first kappa shape index (κ1) is 5.27. The van der Waals surface area contributed by atoms with Crippen LogP contribution in [0.2, 0.25) is 0 Å². The number of carbonyl (C=O) groups excluding carboxylic acids is 1. The summed E-state index contributed by atoms with van der Waals surface area (Å²) >= 11 is 0. The number of amides is 1. The summed E-state index contributed by atoms with van der Waals surface area (Å²) in [6.07, 6.45) is 3.65. The summed E-state index contributed by atoms with van der Waals surface area (Å²) in [7, 11) is 1.91. The number of β-lactam (4-membered cyclic amide) rings is 1. The lowest BCUT2D eigenvalue weighted by Gasteiger charge is -2.40. The quantitative estimate of drug-likeness (QED) is 0.435. The molecule has 1 heterocycles. The first-order chi connectivity index (χ1) is 4.30. The molecule has 0 N–H and O–H groups in total. The Hall–Kier alpha value is -0.530. The number of nitrogens with zero attached hydrogens (tertiary/aromatic N) is 1. The van der Waals surface area contributed by atoms with Crippen LogP contribution in [0.1, 0.15) is 19.3 Å². The molecule has 2 atom stereocenters. The van der Waals surface area contributed by atoms with E-state index in [2.05, 4.69) is 0 Å². The Balaban J connectivity index is 2.14. The van der Waals surface area contributed by atoms with Crippen molar-refractivity contribution in [2.45, 2.75) is 25.3 Å². The molecule has 0 radical (unpaired) electrons. The van der Waals surface area contributed by atoms with E-state index >= 15 is 0 Å². The van der Waals surface area contributed by atoms with Crippen LogP contribution in [0.15, 0.2) is 0 Å². The molecule has 2 heteroatoms. The first-order valence-corrected chi connectivity index (χ1v) is 3.57. The summed E-state index contributed by atoms with van der Waals surface area (Å²) in [6, 6.07) is 0.623. The fourth-order valence-corrected chi connectivity index (χ4v) is 2.03. The smallest absolute Gasteiger partial charge is 0.227 e. The van der Waals surface area contributed by atoms with Crippen molar-refractivity contribution in [3.63, 3.8) is 0 Å². The minimum absolute atomic E-state index is 0.373. The molecule has 1 saturated heterocycles. The molecule has 0 aromatic rings. The van der Waals surface area contributed by atoms with Gasteiger partial charge in [-0.25, -0.2) is 0 Å². The molecule has 0 aromatic heterocycles. The molecule has 9 heavy (non-hydrogen) atoms. The van der Waals surface area contributed by atoms with E-state index in [0.717, 1.165) is 6.42 Å². The molecule has 1 aliphatic carbocycles. The Morgan fingerprint density at radius 2 is 2.33 bits per heavy atom. The van der Waals surface area contributed by atoms with E-state index in [0.29, 0.717) is 17.9 Å². The Bertz CT molecular complexity index is 155. The molecule has 1 amide bonds. The average molecular weight is 125 g/mol. The van der Waals surface area contributed by atoms with Crippen LogP contribution in [0.3, 0.4) is 0 Å². The van der Waals surface area contributed by atoms with Crippen LogP contribution < -0.4 is 0 Å². The van der Waals surface area contributed by atoms with Gasteiger partial charge in [-0.15, -0.1) is 0 Å². The highest BCUT2D eigenvalue weighted by molar-refractivity contribution is 5.86. The van der Waals surface area contributed by atoms with E-state index in [1.807, 2.05) is 11.9 Å². The third-order valence-corrected chi connectivity index (χ3v) is 2.64. The summed E-state index contributed by atoms with van der Waals surface area (Å²) in [5.41, 5.74) is 0. The zero-order chi connectivity index (χ0) is 6.43. The van der Waals surface area contributed by atoms with Crippen molar-refractivity contribution in [3.8, 4) is 0 Å². The van der Waals surface area contributed by atoms with Gasteiger partial charge in [-0.05, 0) is 12.8 Å². The minimum Gasteiger partial charge on any atom is -0.342 e. The van der Waals surface area contributed by atoms with Crippen LogP contribution in [0.25, 0.3) is 0 Å². The normalized spacial score (nSPS) is 40.6. The molecular formula is C7H11NO. The second-order valence-electron chi connectivity index (χ2n) is 3.05. The molecule has 0 bridgehead atoms. The molecule has 0 aromatic carbocycles. The molecular weight excluding hydrogens is 114 g/mol. The van der Waals surface area contributed by atoms with Crippen molar-refractivity contribution < 1.29 is 4.79 Å². The summed E-state index contributed by atoms with van der Waals surface area (Å²) in [4.78, 5) is 12.9. The van der Waals surface area contributed by atoms with E-state index in [1.165, 1.54) is 12.8 Å². The van der Waals surface area contributed by atoms with Gasteiger partial charge in [-0.3, -0.25) is 4.79 Å². The van der Waals surface area contributed by atoms with E-state index in [1.54, 1.807) is 0 Å². The molecule has 2 unspecified atom stereocenters. The third-order valence-electron chi connectivity index (χ3n) is 2.64. The molecule has 2 aliphatic rings. The number of carbonyl (C=O) groups is 1. The standard InChI is InChI=1S/C7H11NO/c1-8-6-4-2-3-5(6)7(8)9/h5-6H,2-4H2,1H3. The lowest BCUT2D eigenvalue weighted by atomic mass is 9.92. The van der Waals surface area contributed by atoms with Crippen molar-refractivity contribution in [2.75, 3.05) is 7.05 Å². The maximum Gasteiger partial charge on any atom is 0.227 e. The van der Waals surface area contributed by atoms with Crippen LogP contribution in [0, 0.1) is 5.92 Å². The Kier molecular flexibility index (Phi) is 0.875. The maximum atomic E-state index is 11.0. The Morgan fingerprint density at radius 1 is 1.56 bits per heavy atom. The van der Waals surface area contributed by atoms with Gasteiger partial charge in [0.1, 0.15) is 0 Å². The van der Waals surface area contributed by atoms with Gasteiger partial charge in [0.2, 0.25) is 5.91 Å². The van der Waals surface area contributed by atoms with Gasteiger partial charge < -0.3 is 4.90 Å². The monoisotopic (exact) mass is 125 g/mol. The second-order valence-corrected chi connectivity index (χ2v) is 3.05. The highest BCUT2D eigenvalue weighted by Crippen LogP contribution is 2.38. The van der Waals surface area contributed by atoms with E-state index < -0.39 is 0 Å². The summed E-state index contributed by atoms with van der Waals surface area (Å²) in [5, 5.41) is 0. The number of likely N-dealkylation sites (tertiary alicyclic amines) is 1. The van der Waals surface area contributed by atoms with Gasteiger partial charge in [-0.1, -0.05) is 6.42 Å². The van der Waals surface area contributed by atoms with Gasteiger partial charge in [0.15, 0.2) is 0 Å². The van der Waals surface area contributed by atoms with Crippen LogP contribution in [-0.4, -0.2) is 23.9 Å². The third kappa shape index (κ3) is 0.485. The van der Waals surface area contributed by atoms with Crippen molar-refractivity contribution in [1.82, 2.24) is 4.90 Å². The molecule has 50 valence electrons. The molecule has 2 rings (SSSR count). The Morgan fingerprint density at radius 3 is 3.00 bits per heavy atom. The minimum atomic E-state index is 0.373. The largest absolute Gasteiger partial charge is 0.342 e. The van der Waals surface area contributed by atoms with E-state index in [-0.39, 0.29) is 0 Å². The maximum absolute atomic E-state index is 11.0. The second kappa shape index (κ2) is 1.49. The Labute approximate surface area is 54.8 Å². The number of rotatable bonds is 0. The summed E-state index contributed by atoms with van der Waals surface area (Å²) < 4.78 is 0. The summed E-state index contributed by atoms with van der Waals surface area (Å²) in [5.74, 6) is 0.799. The van der Waals surface area contributed by atoms with Gasteiger partial charge >= 0.3 is 0 Å². The zero-order valence-electron chi connectivity index (χ0n) is 5.63. The van der Waals surface area contributed by atoms with Crippen molar-refractivity contribution in [1.29, 1.82) is 0 Å². The van der Waals surface area contributed by atoms with Crippen molar-refractivity contribution >= 4 is 5.91 Å². The van der Waals surface area contributed by atoms with Crippen LogP contribution in [-0.2, 0) is 4.79 Å². The first-order valence-electron chi connectivity index (χ1n) is 3.57. The van der Waals surface area contributed by atoms with Crippen molar-refractivity contribution in [3.05, 3.63) is 0 Å². The van der Waals surface area contributed by atoms with Gasteiger partial charge in [-0.2, -0.15) is 0 Å². The van der Waals surface area contributed by atoms with E-state index in [9.17, 15) is 4.79 Å². The van der Waals surface area contributed by atoms with Gasteiger partial charge in [0.25, 0.3) is 0 Å². The lowest BCUT2D eigenvalue weighted by Crippen LogP contribution is -2.55. The molecule has 1 aliphatic heterocycles. The van der Waals surface area contributed by atoms with Gasteiger partial charge in [0.05, 0.1) is 5.92 Å². The molecule has 1 saturated carbocycles. The molecule has 0 spiro atoms. The van der Waals surface area contributed by atoms with E-state index in [4.69, 9.17) is 0 Å². The predicted octanol–water partition coefficient (Wildman–Crippen LogP) is 0.627. The van der Waals surface area contributed by atoms with Crippen molar-refractivity contribution in [2.24, 2.45) is 5.92 Å². The topological polar surface area (TPSA) is 20.3 Å². The lowest BCUT2D eigenvalue weighted by molar-refractivity contribution is -0.150. The fourth-order valence-electron chi connectivity index (χ4n) is 2.03. The molecule has 2 nitrogen and oxygen atoms in total. The average Bonchev–Trinajstić information content (AvgIpc) is 2.30. The van der Waals surface area contributed by atoms with Crippen LogP contribution in [0.5, 0.6) is 0 Å². The molecule has 2 fully saturated rings. The van der Waals surface area contributed by atoms with Gasteiger partial charge in [0, 0.05) is 13.1 Å². The number of hydrogen-bond acceptors (Lipinski definition) is 1. The highest BCUT2D eigenvalue weighted by Gasteiger charge is 2.47. The number of fused-ring (bicyclic) bond motifs is 1. The predicted molar refractivity (Wildman–Crippen MR) is 33.9 cm³/mol. The van der Waals surface area contributed by atoms with Crippen LogP contribution in [0.4, 0.5) is 0 Å².